The molecule has 0 aromatic heterocycles. The molecule has 1 rings (SSSR count). The first-order valence-electron chi connectivity index (χ1n) is 4.93. The van der Waals surface area contributed by atoms with Crippen LogP contribution in [0.5, 0.6) is 0 Å². The van der Waals surface area contributed by atoms with E-state index in [-0.39, 0.29) is 5.57 Å². The second-order valence-electron chi connectivity index (χ2n) is 3.52. The van der Waals surface area contributed by atoms with Crippen molar-refractivity contribution in [2.45, 2.75) is 26.7 Å². The molecule has 1 aliphatic rings. The molecule has 0 aliphatic carbocycles. The van der Waals surface area contributed by atoms with Crippen LogP contribution in [0.1, 0.15) is 26.7 Å². The molecule has 0 unspecified atom stereocenters. The fraction of sp³-hybridized carbons (Fsp3) is 0.455. The summed E-state index contributed by atoms with van der Waals surface area (Å²) in [6, 6.07) is 0. The Balaban J connectivity index is 2.49. The van der Waals surface area contributed by atoms with Crippen molar-refractivity contribution in [2.75, 3.05) is 6.61 Å². The summed E-state index contributed by atoms with van der Waals surface area (Å²) in [5.41, 5.74) is 0.488. The van der Waals surface area contributed by atoms with E-state index in [1.165, 1.54) is 6.92 Å². The minimum atomic E-state index is -0.765. The zero-order chi connectivity index (χ0) is 12.1. The molecule has 0 spiro atoms. The second kappa shape index (κ2) is 5.34. The Morgan fingerprint density at radius 3 is 2.38 bits per heavy atom. The number of ether oxygens (including phenoxy) is 1. The highest BCUT2D eigenvalue weighted by Gasteiger charge is 2.19. The summed E-state index contributed by atoms with van der Waals surface area (Å²) >= 11 is 0. The third-order valence-electron chi connectivity index (χ3n) is 2.09. The molecule has 0 aromatic rings. The Morgan fingerprint density at radius 1 is 1.25 bits per heavy atom. The third-order valence-corrected chi connectivity index (χ3v) is 2.09. The molecule has 0 amide bonds. The van der Waals surface area contributed by atoms with Gasteiger partial charge in [-0.15, -0.1) is 0 Å². The fourth-order valence-corrected chi connectivity index (χ4v) is 1.12. The standard InChI is InChI=1S/C11H14O5/c1-7(2)10(12)15-16-11(13)8(3)9-5-4-6-14-9/h1,4-6H2,2-3H3/b9-8+. The lowest BCUT2D eigenvalue weighted by molar-refractivity contribution is -0.252. The molecule has 5 heteroatoms. The SMILES string of the molecule is C=C(C)C(=O)OOC(=O)/C(C)=C1\CCCO1. The molecule has 0 bridgehead atoms. The molecule has 5 nitrogen and oxygen atoms in total. The van der Waals surface area contributed by atoms with Gasteiger partial charge >= 0.3 is 11.9 Å². The van der Waals surface area contributed by atoms with Crippen molar-refractivity contribution in [1.29, 1.82) is 0 Å². The summed E-state index contributed by atoms with van der Waals surface area (Å²) in [5, 5.41) is 0. The van der Waals surface area contributed by atoms with Crippen molar-refractivity contribution in [3.8, 4) is 0 Å². The number of hydrogen-bond acceptors (Lipinski definition) is 5. The topological polar surface area (TPSA) is 61.8 Å². The highest BCUT2D eigenvalue weighted by molar-refractivity contribution is 5.90. The smallest absolute Gasteiger partial charge is 0.385 e. The van der Waals surface area contributed by atoms with Crippen LogP contribution >= 0.6 is 0 Å². The van der Waals surface area contributed by atoms with E-state index in [4.69, 9.17) is 4.74 Å². The Hall–Kier alpha value is -1.78. The lowest BCUT2D eigenvalue weighted by Crippen LogP contribution is -2.13. The van der Waals surface area contributed by atoms with Gasteiger partial charge in [0.25, 0.3) is 0 Å². The van der Waals surface area contributed by atoms with Crippen LogP contribution in [0, 0.1) is 0 Å². The van der Waals surface area contributed by atoms with Gasteiger partial charge in [0.15, 0.2) is 0 Å². The van der Waals surface area contributed by atoms with Crippen LogP contribution in [-0.4, -0.2) is 18.5 Å². The van der Waals surface area contributed by atoms with Crippen LogP contribution in [0.2, 0.25) is 0 Å². The zero-order valence-corrected chi connectivity index (χ0v) is 9.37. The normalized spacial score (nSPS) is 17.4. The van der Waals surface area contributed by atoms with Crippen LogP contribution in [-0.2, 0) is 24.1 Å². The summed E-state index contributed by atoms with van der Waals surface area (Å²) in [5.74, 6) is -0.888. The van der Waals surface area contributed by atoms with E-state index in [0.717, 1.165) is 6.42 Å². The van der Waals surface area contributed by atoms with Crippen molar-refractivity contribution in [2.24, 2.45) is 0 Å². The highest BCUT2D eigenvalue weighted by atomic mass is 17.2. The quantitative estimate of drug-likeness (QED) is 0.407. The number of carbonyl (C=O) groups is 2. The summed E-state index contributed by atoms with van der Waals surface area (Å²) in [4.78, 5) is 31.0. The first-order chi connectivity index (χ1) is 7.52. The molecule has 0 saturated carbocycles. The number of carbonyl (C=O) groups excluding carboxylic acids is 2. The lowest BCUT2D eigenvalue weighted by atomic mass is 10.2. The monoisotopic (exact) mass is 226 g/mol. The molecule has 0 N–H and O–H groups in total. The summed E-state index contributed by atoms with van der Waals surface area (Å²) in [6.45, 7) is 6.98. The first kappa shape index (κ1) is 12.3. The van der Waals surface area contributed by atoms with Gasteiger partial charge in [0.2, 0.25) is 0 Å². The third kappa shape index (κ3) is 3.12. The Morgan fingerprint density at radius 2 is 1.88 bits per heavy atom. The van der Waals surface area contributed by atoms with E-state index in [9.17, 15) is 9.59 Å². The van der Waals surface area contributed by atoms with Crippen LogP contribution in [0.25, 0.3) is 0 Å². The van der Waals surface area contributed by atoms with Gasteiger partial charge in [-0.1, -0.05) is 6.58 Å². The van der Waals surface area contributed by atoms with Crippen LogP contribution in [0.3, 0.4) is 0 Å². The van der Waals surface area contributed by atoms with E-state index < -0.39 is 11.9 Å². The van der Waals surface area contributed by atoms with Crippen molar-refractivity contribution in [3.05, 3.63) is 23.5 Å². The predicted octanol–water partition coefficient (Wildman–Crippen LogP) is 1.65. The van der Waals surface area contributed by atoms with E-state index >= 15 is 0 Å². The van der Waals surface area contributed by atoms with Crippen LogP contribution < -0.4 is 0 Å². The highest BCUT2D eigenvalue weighted by Crippen LogP contribution is 2.20. The van der Waals surface area contributed by atoms with E-state index in [1.807, 2.05) is 0 Å². The second-order valence-corrected chi connectivity index (χ2v) is 3.52. The Bertz CT molecular complexity index is 345. The maximum atomic E-state index is 11.4. The number of rotatable bonds is 2. The summed E-state index contributed by atoms with van der Waals surface area (Å²) in [7, 11) is 0. The van der Waals surface area contributed by atoms with Crippen molar-refractivity contribution < 1.29 is 24.1 Å². The maximum absolute atomic E-state index is 11.4. The predicted molar refractivity (Wildman–Crippen MR) is 54.9 cm³/mol. The van der Waals surface area contributed by atoms with E-state index in [0.29, 0.717) is 24.4 Å². The van der Waals surface area contributed by atoms with Crippen LogP contribution in [0.15, 0.2) is 23.5 Å². The number of hydrogen-bond donors (Lipinski definition) is 0. The molecule has 1 aliphatic heterocycles. The van der Waals surface area contributed by atoms with Crippen molar-refractivity contribution in [3.63, 3.8) is 0 Å². The molecule has 1 saturated heterocycles. The minimum Gasteiger partial charge on any atom is -0.497 e. The average molecular weight is 226 g/mol. The van der Waals surface area contributed by atoms with E-state index in [2.05, 4.69) is 16.4 Å². The average Bonchev–Trinajstić information content (AvgIpc) is 2.77. The van der Waals surface area contributed by atoms with Gasteiger partial charge in [-0.25, -0.2) is 19.4 Å². The van der Waals surface area contributed by atoms with Crippen molar-refractivity contribution in [1.82, 2.24) is 0 Å². The van der Waals surface area contributed by atoms with E-state index in [1.54, 1.807) is 6.92 Å². The number of allylic oxidation sites excluding steroid dienone is 1. The van der Waals surface area contributed by atoms with Gasteiger partial charge < -0.3 is 4.74 Å². The Kier molecular flexibility index (Phi) is 4.10. The summed E-state index contributed by atoms with van der Waals surface area (Å²) in [6.07, 6.45) is 1.58. The van der Waals surface area contributed by atoms with Gasteiger partial charge in [0.05, 0.1) is 12.2 Å². The van der Waals surface area contributed by atoms with Gasteiger partial charge in [0.1, 0.15) is 5.76 Å². The maximum Gasteiger partial charge on any atom is 0.385 e. The molecular weight excluding hydrogens is 212 g/mol. The minimum absolute atomic E-state index is 0.162. The largest absolute Gasteiger partial charge is 0.497 e. The van der Waals surface area contributed by atoms with Gasteiger partial charge in [-0.2, -0.15) is 0 Å². The Labute approximate surface area is 93.6 Å². The van der Waals surface area contributed by atoms with Gasteiger partial charge in [-0.05, 0) is 20.3 Å². The van der Waals surface area contributed by atoms with Crippen LogP contribution in [0.4, 0.5) is 0 Å². The lowest BCUT2D eigenvalue weighted by Gasteiger charge is -2.05. The zero-order valence-electron chi connectivity index (χ0n) is 9.37. The molecule has 1 fully saturated rings. The summed E-state index contributed by atoms with van der Waals surface area (Å²) < 4.78 is 5.21. The van der Waals surface area contributed by atoms with Crippen molar-refractivity contribution >= 4 is 11.9 Å². The molecule has 0 aromatic carbocycles. The first-order valence-corrected chi connectivity index (χ1v) is 4.93. The van der Waals surface area contributed by atoms with Gasteiger partial charge in [0, 0.05) is 12.0 Å². The molecule has 0 radical (unpaired) electrons. The van der Waals surface area contributed by atoms with Gasteiger partial charge in [-0.3, -0.25) is 0 Å². The molecule has 1 heterocycles. The molecule has 0 atom stereocenters. The molecular formula is C11H14O5. The molecule has 88 valence electrons. The molecule has 16 heavy (non-hydrogen) atoms. The fourth-order valence-electron chi connectivity index (χ4n) is 1.12.